The molecule has 0 aromatic heterocycles. The fourth-order valence-electron chi connectivity index (χ4n) is 2.28. The number of nitrogen functional groups attached to an aromatic ring is 1. The third kappa shape index (κ3) is 2.78. The van der Waals surface area contributed by atoms with E-state index < -0.39 is 10.0 Å². The normalized spacial score (nSPS) is 12.4. The van der Waals surface area contributed by atoms with Crippen LogP contribution in [0.2, 0.25) is 0 Å². The number of rotatable bonds is 4. The highest BCUT2D eigenvalue weighted by Crippen LogP contribution is 2.27. The van der Waals surface area contributed by atoms with Gasteiger partial charge >= 0.3 is 0 Å². The number of anilines is 1. The Labute approximate surface area is 120 Å². The molecule has 0 spiro atoms. The highest BCUT2D eigenvalue weighted by molar-refractivity contribution is 7.89. The Morgan fingerprint density at radius 2 is 1.90 bits per heavy atom. The lowest BCUT2D eigenvalue weighted by molar-refractivity contribution is 0.417. The van der Waals surface area contributed by atoms with Crippen molar-refractivity contribution in [3.8, 4) is 0 Å². The van der Waals surface area contributed by atoms with Gasteiger partial charge in [-0.05, 0) is 29.5 Å². The molecule has 0 radical (unpaired) electrons. The summed E-state index contributed by atoms with van der Waals surface area (Å²) >= 11 is 0. The minimum absolute atomic E-state index is 0.278. The van der Waals surface area contributed by atoms with Gasteiger partial charge < -0.3 is 5.73 Å². The Balaban J connectivity index is 2.57. The molecular formula is C15H20N2O2S. The lowest BCUT2D eigenvalue weighted by Gasteiger charge is -2.20. The highest BCUT2D eigenvalue weighted by Gasteiger charge is 2.23. The summed E-state index contributed by atoms with van der Waals surface area (Å²) in [6.07, 6.45) is 0. The second kappa shape index (κ2) is 5.42. The van der Waals surface area contributed by atoms with Crippen molar-refractivity contribution in [3.05, 3.63) is 36.4 Å². The molecule has 0 unspecified atom stereocenters. The third-order valence-corrected chi connectivity index (χ3v) is 5.06. The lowest BCUT2D eigenvalue weighted by atomic mass is 10.1. The molecule has 2 aromatic rings. The van der Waals surface area contributed by atoms with Crippen LogP contribution in [0, 0.1) is 5.92 Å². The molecular weight excluding hydrogens is 272 g/mol. The van der Waals surface area contributed by atoms with Crippen LogP contribution in [0.5, 0.6) is 0 Å². The summed E-state index contributed by atoms with van der Waals surface area (Å²) in [4.78, 5) is 0.332. The predicted octanol–water partition coefficient (Wildman–Crippen LogP) is 2.70. The van der Waals surface area contributed by atoms with Crippen molar-refractivity contribution in [2.75, 3.05) is 19.3 Å². The van der Waals surface area contributed by atoms with Gasteiger partial charge in [-0.25, -0.2) is 12.7 Å². The van der Waals surface area contributed by atoms with Crippen molar-refractivity contribution in [2.45, 2.75) is 18.7 Å². The number of benzene rings is 2. The first-order chi connectivity index (χ1) is 9.32. The summed E-state index contributed by atoms with van der Waals surface area (Å²) in [5.41, 5.74) is 6.38. The highest BCUT2D eigenvalue weighted by atomic mass is 32.2. The van der Waals surface area contributed by atoms with E-state index in [1.807, 2.05) is 19.9 Å². The van der Waals surface area contributed by atoms with Gasteiger partial charge in [-0.3, -0.25) is 0 Å². The van der Waals surface area contributed by atoms with Crippen molar-refractivity contribution in [2.24, 2.45) is 5.92 Å². The zero-order valence-electron chi connectivity index (χ0n) is 12.0. The van der Waals surface area contributed by atoms with Crippen molar-refractivity contribution in [1.29, 1.82) is 0 Å². The van der Waals surface area contributed by atoms with Crippen LogP contribution in [0.3, 0.4) is 0 Å². The zero-order chi connectivity index (χ0) is 14.9. The van der Waals surface area contributed by atoms with E-state index in [2.05, 4.69) is 0 Å². The van der Waals surface area contributed by atoms with Crippen LogP contribution in [0.15, 0.2) is 41.3 Å². The van der Waals surface area contributed by atoms with Crippen LogP contribution in [-0.2, 0) is 10.0 Å². The fourth-order valence-corrected chi connectivity index (χ4v) is 3.82. The second-order valence-electron chi connectivity index (χ2n) is 5.42. The van der Waals surface area contributed by atoms with Crippen molar-refractivity contribution in [3.63, 3.8) is 0 Å². The Bertz CT molecular complexity index is 724. The molecule has 108 valence electrons. The molecule has 0 amide bonds. The van der Waals surface area contributed by atoms with Crippen molar-refractivity contribution in [1.82, 2.24) is 4.31 Å². The van der Waals surface area contributed by atoms with E-state index in [0.29, 0.717) is 22.5 Å². The molecule has 0 aliphatic carbocycles. The summed E-state index contributed by atoms with van der Waals surface area (Å²) in [7, 11) is -1.86. The Kier molecular flexibility index (Phi) is 4.01. The molecule has 5 heteroatoms. The number of hydrogen-bond acceptors (Lipinski definition) is 3. The zero-order valence-corrected chi connectivity index (χ0v) is 12.8. The van der Waals surface area contributed by atoms with Crippen LogP contribution in [0.4, 0.5) is 5.69 Å². The lowest BCUT2D eigenvalue weighted by Crippen LogP contribution is -2.30. The van der Waals surface area contributed by atoms with Gasteiger partial charge in [0, 0.05) is 24.7 Å². The van der Waals surface area contributed by atoms with Gasteiger partial charge in [0.25, 0.3) is 0 Å². The van der Waals surface area contributed by atoms with Gasteiger partial charge in [-0.2, -0.15) is 0 Å². The van der Waals surface area contributed by atoms with Crippen molar-refractivity contribution >= 4 is 26.5 Å². The second-order valence-corrected chi connectivity index (χ2v) is 7.43. The summed E-state index contributed by atoms with van der Waals surface area (Å²) in [6, 6.07) is 10.5. The molecule has 2 rings (SSSR count). The van der Waals surface area contributed by atoms with Gasteiger partial charge in [0.2, 0.25) is 10.0 Å². The van der Waals surface area contributed by atoms with Gasteiger partial charge in [0.05, 0.1) is 4.90 Å². The standard InChI is InChI=1S/C15H20N2O2S/c1-11(2)10-17(3)20(18,19)15-6-4-5-12-9-13(16)7-8-14(12)15/h4-9,11H,10,16H2,1-3H3. The molecule has 0 saturated heterocycles. The molecule has 0 bridgehead atoms. The van der Waals surface area contributed by atoms with E-state index in [1.54, 1.807) is 37.4 Å². The first-order valence-electron chi connectivity index (χ1n) is 6.57. The molecule has 2 aromatic carbocycles. The molecule has 0 aliphatic heterocycles. The Morgan fingerprint density at radius 3 is 2.55 bits per heavy atom. The van der Waals surface area contributed by atoms with E-state index >= 15 is 0 Å². The molecule has 0 saturated carbocycles. The number of nitrogens with two attached hydrogens (primary N) is 1. The Hall–Kier alpha value is -1.59. The van der Waals surface area contributed by atoms with Crippen LogP contribution in [-0.4, -0.2) is 26.3 Å². The van der Waals surface area contributed by atoms with E-state index in [1.165, 1.54) is 4.31 Å². The average molecular weight is 292 g/mol. The van der Waals surface area contributed by atoms with E-state index in [-0.39, 0.29) is 5.92 Å². The van der Waals surface area contributed by atoms with Crippen LogP contribution >= 0.6 is 0 Å². The maximum absolute atomic E-state index is 12.7. The van der Waals surface area contributed by atoms with Crippen LogP contribution < -0.4 is 5.73 Å². The molecule has 0 fully saturated rings. The van der Waals surface area contributed by atoms with Gasteiger partial charge in [0.1, 0.15) is 0 Å². The SMILES string of the molecule is CC(C)CN(C)S(=O)(=O)c1cccc2cc(N)ccc12. The first kappa shape index (κ1) is 14.8. The average Bonchev–Trinajstić information content (AvgIpc) is 2.36. The summed E-state index contributed by atoms with van der Waals surface area (Å²) in [6.45, 7) is 4.49. The van der Waals surface area contributed by atoms with E-state index in [4.69, 9.17) is 5.73 Å². The maximum atomic E-state index is 12.7. The number of nitrogens with zero attached hydrogens (tertiary/aromatic N) is 1. The van der Waals surface area contributed by atoms with Crippen LogP contribution in [0.1, 0.15) is 13.8 Å². The molecule has 0 atom stereocenters. The number of sulfonamides is 1. The minimum atomic E-state index is -3.48. The summed E-state index contributed by atoms with van der Waals surface area (Å²) in [5, 5.41) is 1.54. The largest absolute Gasteiger partial charge is 0.399 e. The topological polar surface area (TPSA) is 63.4 Å². The predicted molar refractivity (Wildman–Crippen MR) is 83.0 cm³/mol. The third-order valence-electron chi connectivity index (χ3n) is 3.17. The summed E-state index contributed by atoms with van der Waals surface area (Å²) in [5.74, 6) is 0.278. The van der Waals surface area contributed by atoms with Gasteiger partial charge in [-0.15, -0.1) is 0 Å². The quantitative estimate of drug-likeness (QED) is 0.881. The molecule has 20 heavy (non-hydrogen) atoms. The summed E-state index contributed by atoms with van der Waals surface area (Å²) < 4.78 is 26.7. The monoisotopic (exact) mass is 292 g/mol. The molecule has 2 N–H and O–H groups in total. The van der Waals surface area contributed by atoms with E-state index in [9.17, 15) is 8.42 Å². The molecule has 0 aliphatic rings. The smallest absolute Gasteiger partial charge is 0.243 e. The maximum Gasteiger partial charge on any atom is 0.243 e. The molecule has 0 heterocycles. The van der Waals surface area contributed by atoms with Gasteiger partial charge in [-0.1, -0.05) is 32.0 Å². The minimum Gasteiger partial charge on any atom is -0.399 e. The van der Waals surface area contributed by atoms with Crippen LogP contribution in [0.25, 0.3) is 10.8 Å². The fraction of sp³-hybridized carbons (Fsp3) is 0.333. The van der Waals surface area contributed by atoms with E-state index in [0.717, 1.165) is 5.39 Å². The van der Waals surface area contributed by atoms with Crippen molar-refractivity contribution < 1.29 is 8.42 Å². The number of hydrogen-bond donors (Lipinski definition) is 1. The first-order valence-corrected chi connectivity index (χ1v) is 8.01. The van der Waals surface area contributed by atoms with Gasteiger partial charge in [0.15, 0.2) is 0 Å². The Morgan fingerprint density at radius 1 is 1.20 bits per heavy atom. The molecule has 4 nitrogen and oxygen atoms in total. The number of fused-ring (bicyclic) bond motifs is 1.